The molecule has 2 aromatic heterocycles. The lowest BCUT2D eigenvalue weighted by atomic mass is 10.2. The van der Waals surface area contributed by atoms with E-state index in [4.69, 9.17) is 5.73 Å². The fourth-order valence-corrected chi connectivity index (χ4v) is 1.88. The number of nitrogens with one attached hydrogen (secondary N) is 1. The average Bonchev–Trinajstić information content (AvgIpc) is 2.88. The zero-order valence-electron chi connectivity index (χ0n) is 11.8. The maximum Gasteiger partial charge on any atom is 0.232 e. The number of rotatable bonds is 3. The lowest BCUT2D eigenvalue weighted by Gasteiger charge is -2.06. The summed E-state index contributed by atoms with van der Waals surface area (Å²) in [5.41, 5.74) is 8.62. The molecule has 1 aromatic carbocycles. The Bertz CT molecular complexity index is 761. The number of aryl methyl sites for hydroxylation is 2. The first-order valence-corrected chi connectivity index (χ1v) is 6.44. The predicted octanol–water partition coefficient (Wildman–Crippen LogP) is 1.91. The fraction of sp³-hybridized carbons (Fsp3) is 0.143. The maximum absolute atomic E-state index is 5.75. The number of benzene rings is 1. The first kappa shape index (κ1) is 13.0. The lowest BCUT2D eigenvalue weighted by molar-refractivity contribution is 0.768. The van der Waals surface area contributed by atoms with E-state index in [1.54, 1.807) is 10.9 Å². The van der Waals surface area contributed by atoms with E-state index in [0.717, 1.165) is 11.3 Å². The average molecular weight is 281 g/mol. The number of hydrogen-bond donors (Lipinski definition) is 2. The lowest BCUT2D eigenvalue weighted by Crippen LogP contribution is -2.04. The van der Waals surface area contributed by atoms with E-state index < -0.39 is 0 Å². The van der Waals surface area contributed by atoms with Crippen molar-refractivity contribution in [2.45, 2.75) is 6.92 Å². The Morgan fingerprint density at radius 3 is 2.52 bits per heavy atom. The standard InChI is InChI=1S/C14H15N7/c1-9-3-5-11(6-4-9)17-14-19-12(18-13(15)20-14)10-7-16-21(2)8-10/h3-8H,1-2H3,(H3,15,17,18,19,20). The van der Waals surface area contributed by atoms with Gasteiger partial charge in [0.15, 0.2) is 5.82 Å². The summed E-state index contributed by atoms with van der Waals surface area (Å²) in [7, 11) is 1.83. The van der Waals surface area contributed by atoms with Crippen molar-refractivity contribution in [3.05, 3.63) is 42.2 Å². The van der Waals surface area contributed by atoms with Crippen molar-refractivity contribution in [2.75, 3.05) is 11.1 Å². The minimum atomic E-state index is 0.165. The molecule has 0 aliphatic heterocycles. The van der Waals surface area contributed by atoms with Crippen molar-refractivity contribution < 1.29 is 0 Å². The summed E-state index contributed by atoms with van der Waals surface area (Å²) in [6.45, 7) is 2.03. The van der Waals surface area contributed by atoms with Crippen LogP contribution in [0.4, 0.5) is 17.6 Å². The molecule has 7 heteroatoms. The monoisotopic (exact) mass is 281 g/mol. The highest BCUT2D eigenvalue weighted by molar-refractivity contribution is 5.59. The molecule has 0 aliphatic carbocycles. The zero-order valence-corrected chi connectivity index (χ0v) is 11.8. The molecule has 7 nitrogen and oxygen atoms in total. The second-order valence-corrected chi connectivity index (χ2v) is 4.73. The highest BCUT2D eigenvalue weighted by Gasteiger charge is 2.08. The molecule has 0 radical (unpaired) electrons. The van der Waals surface area contributed by atoms with Crippen LogP contribution in [-0.2, 0) is 7.05 Å². The Balaban J connectivity index is 1.92. The van der Waals surface area contributed by atoms with E-state index in [9.17, 15) is 0 Å². The van der Waals surface area contributed by atoms with Gasteiger partial charge in [-0.2, -0.15) is 20.1 Å². The smallest absolute Gasteiger partial charge is 0.232 e. The number of anilines is 3. The van der Waals surface area contributed by atoms with E-state index in [2.05, 4.69) is 25.4 Å². The van der Waals surface area contributed by atoms with Crippen LogP contribution in [0.15, 0.2) is 36.7 Å². The Morgan fingerprint density at radius 2 is 1.86 bits per heavy atom. The van der Waals surface area contributed by atoms with Crippen LogP contribution in [0.2, 0.25) is 0 Å². The molecule has 0 saturated carbocycles. The molecule has 0 bridgehead atoms. The van der Waals surface area contributed by atoms with Crippen molar-refractivity contribution in [2.24, 2.45) is 7.05 Å². The summed E-state index contributed by atoms with van der Waals surface area (Å²) < 4.78 is 1.68. The molecule has 3 N–H and O–H groups in total. The predicted molar refractivity (Wildman–Crippen MR) is 80.9 cm³/mol. The van der Waals surface area contributed by atoms with Gasteiger partial charge in [0.2, 0.25) is 11.9 Å². The molecular formula is C14H15N7. The first-order chi connectivity index (χ1) is 10.1. The largest absolute Gasteiger partial charge is 0.368 e. The van der Waals surface area contributed by atoms with Crippen molar-refractivity contribution in [1.82, 2.24) is 24.7 Å². The molecule has 0 amide bonds. The summed E-state index contributed by atoms with van der Waals surface area (Å²) in [5, 5.41) is 7.22. The highest BCUT2D eigenvalue weighted by Crippen LogP contribution is 2.18. The second-order valence-electron chi connectivity index (χ2n) is 4.73. The molecule has 21 heavy (non-hydrogen) atoms. The van der Waals surface area contributed by atoms with Crippen LogP contribution in [-0.4, -0.2) is 24.7 Å². The maximum atomic E-state index is 5.75. The SMILES string of the molecule is Cc1ccc(Nc2nc(N)nc(-c3cnn(C)c3)n2)cc1. The normalized spacial score (nSPS) is 10.6. The van der Waals surface area contributed by atoms with E-state index >= 15 is 0 Å². The van der Waals surface area contributed by atoms with Gasteiger partial charge in [-0.25, -0.2) is 0 Å². The number of nitrogens with two attached hydrogens (primary N) is 1. The minimum absolute atomic E-state index is 0.165. The number of hydrogen-bond acceptors (Lipinski definition) is 6. The summed E-state index contributed by atoms with van der Waals surface area (Å²) in [4.78, 5) is 12.6. The van der Waals surface area contributed by atoms with E-state index in [1.165, 1.54) is 5.56 Å². The van der Waals surface area contributed by atoms with Gasteiger partial charge in [0.1, 0.15) is 0 Å². The topological polar surface area (TPSA) is 94.5 Å². The molecule has 3 aromatic rings. The Hall–Kier alpha value is -2.96. The quantitative estimate of drug-likeness (QED) is 0.761. The zero-order chi connectivity index (χ0) is 14.8. The number of nitrogens with zero attached hydrogens (tertiary/aromatic N) is 5. The molecular weight excluding hydrogens is 266 g/mol. The number of aromatic nitrogens is 5. The van der Waals surface area contributed by atoms with Crippen LogP contribution >= 0.6 is 0 Å². The molecule has 106 valence electrons. The Kier molecular flexibility index (Phi) is 3.23. The van der Waals surface area contributed by atoms with Crippen molar-refractivity contribution in [3.8, 4) is 11.4 Å². The first-order valence-electron chi connectivity index (χ1n) is 6.44. The third kappa shape index (κ3) is 2.97. The van der Waals surface area contributed by atoms with Crippen molar-refractivity contribution in [3.63, 3.8) is 0 Å². The van der Waals surface area contributed by atoms with Gasteiger partial charge < -0.3 is 11.1 Å². The summed E-state index contributed by atoms with van der Waals surface area (Å²) in [5.74, 6) is 1.06. The fourth-order valence-electron chi connectivity index (χ4n) is 1.88. The highest BCUT2D eigenvalue weighted by atomic mass is 15.2. The van der Waals surface area contributed by atoms with Gasteiger partial charge in [0, 0.05) is 18.9 Å². The van der Waals surface area contributed by atoms with Gasteiger partial charge in [-0.15, -0.1) is 0 Å². The van der Waals surface area contributed by atoms with Crippen molar-refractivity contribution in [1.29, 1.82) is 0 Å². The van der Waals surface area contributed by atoms with Crippen LogP contribution in [0.1, 0.15) is 5.56 Å². The third-order valence-electron chi connectivity index (χ3n) is 2.92. The molecule has 0 aliphatic rings. The van der Waals surface area contributed by atoms with Crippen molar-refractivity contribution >= 4 is 17.6 Å². The molecule has 0 unspecified atom stereocenters. The summed E-state index contributed by atoms with van der Waals surface area (Å²) >= 11 is 0. The van der Waals surface area contributed by atoms with Crippen LogP contribution < -0.4 is 11.1 Å². The third-order valence-corrected chi connectivity index (χ3v) is 2.92. The molecule has 0 fully saturated rings. The van der Waals surface area contributed by atoms with E-state index in [0.29, 0.717) is 11.8 Å². The van der Waals surface area contributed by atoms with E-state index in [-0.39, 0.29) is 5.95 Å². The molecule has 0 spiro atoms. The van der Waals surface area contributed by atoms with E-state index in [1.807, 2.05) is 44.4 Å². The second kappa shape index (κ2) is 5.20. The van der Waals surface area contributed by atoms with Crippen LogP contribution in [0.3, 0.4) is 0 Å². The Labute approximate surface area is 121 Å². The van der Waals surface area contributed by atoms with Gasteiger partial charge in [0.05, 0.1) is 11.8 Å². The Morgan fingerprint density at radius 1 is 1.10 bits per heavy atom. The van der Waals surface area contributed by atoms with Gasteiger partial charge in [0.25, 0.3) is 0 Å². The van der Waals surface area contributed by atoms with Gasteiger partial charge in [-0.1, -0.05) is 17.7 Å². The minimum Gasteiger partial charge on any atom is -0.368 e. The van der Waals surface area contributed by atoms with Gasteiger partial charge in [-0.3, -0.25) is 4.68 Å². The molecule has 2 heterocycles. The van der Waals surface area contributed by atoms with Crippen LogP contribution in [0, 0.1) is 6.92 Å². The van der Waals surface area contributed by atoms with Crippen LogP contribution in [0.25, 0.3) is 11.4 Å². The number of nitrogen functional groups attached to an aromatic ring is 1. The summed E-state index contributed by atoms with van der Waals surface area (Å²) in [6, 6.07) is 7.93. The van der Waals surface area contributed by atoms with Gasteiger partial charge >= 0.3 is 0 Å². The molecule has 0 atom stereocenters. The summed E-state index contributed by atoms with van der Waals surface area (Å²) in [6.07, 6.45) is 3.51. The molecule has 0 saturated heterocycles. The molecule has 3 rings (SSSR count). The van der Waals surface area contributed by atoms with Crippen LogP contribution in [0.5, 0.6) is 0 Å². The van der Waals surface area contributed by atoms with Gasteiger partial charge in [-0.05, 0) is 19.1 Å².